The minimum atomic E-state index is -0.766. The summed E-state index contributed by atoms with van der Waals surface area (Å²) in [6, 6.07) is -0.482. The smallest absolute Gasteiger partial charge is 0.320 e. The summed E-state index contributed by atoms with van der Waals surface area (Å²) in [6.45, 7) is 4.37. The van der Waals surface area contributed by atoms with Crippen LogP contribution in [0.1, 0.15) is 33.1 Å². The molecule has 4 nitrogen and oxygen atoms in total. The Bertz CT molecular complexity index is 206. The van der Waals surface area contributed by atoms with Crippen molar-refractivity contribution in [2.24, 2.45) is 0 Å². The normalized spacial score (nSPS) is 28.4. The van der Waals surface area contributed by atoms with E-state index in [9.17, 15) is 9.90 Å². The first-order valence-electron chi connectivity index (χ1n) is 5.20. The number of likely N-dealkylation sites (tertiary alicyclic amines) is 1. The summed E-state index contributed by atoms with van der Waals surface area (Å²) < 4.78 is 0. The van der Waals surface area contributed by atoms with Crippen LogP contribution in [0.3, 0.4) is 0 Å². The van der Waals surface area contributed by atoms with E-state index in [0.29, 0.717) is 6.42 Å². The molecule has 1 aliphatic heterocycles. The second kappa shape index (κ2) is 4.75. The highest BCUT2D eigenvalue weighted by Gasteiger charge is 2.32. The van der Waals surface area contributed by atoms with Crippen molar-refractivity contribution in [2.75, 3.05) is 6.54 Å². The van der Waals surface area contributed by atoms with Crippen molar-refractivity contribution < 1.29 is 15.0 Å². The molecule has 0 spiro atoms. The van der Waals surface area contributed by atoms with Crippen molar-refractivity contribution in [1.29, 1.82) is 0 Å². The largest absolute Gasteiger partial charge is 0.480 e. The van der Waals surface area contributed by atoms with E-state index in [1.54, 1.807) is 6.92 Å². The Labute approximate surface area is 84.5 Å². The van der Waals surface area contributed by atoms with Gasteiger partial charge in [-0.3, -0.25) is 9.69 Å². The van der Waals surface area contributed by atoms with E-state index in [2.05, 4.69) is 0 Å². The first-order valence-corrected chi connectivity index (χ1v) is 5.20. The second-order valence-electron chi connectivity index (χ2n) is 4.07. The molecule has 1 heterocycles. The van der Waals surface area contributed by atoms with Gasteiger partial charge >= 0.3 is 5.97 Å². The number of carboxylic acid groups (broad SMARTS) is 1. The quantitative estimate of drug-likeness (QED) is 0.705. The summed E-state index contributed by atoms with van der Waals surface area (Å²) in [5.74, 6) is -0.766. The van der Waals surface area contributed by atoms with Crippen molar-refractivity contribution in [1.82, 2.24) is 4.90 Å². The van der Waals surface area contributed by atoms with Gasteiger partial charge in [0.05, 0.1) is 6.10 Å². The van der Waals surface area contributed by atoms with Gasteiger partial charge in [-0.25, -0.2) is 0 Å². The van der Waals surface area contributed by atoms with Gasteiger partial charge in [0.1, 0.15) is 6.04 Å². The molecule has 1 saturated heterocycles. The minimum absolute atomic E-state index is 0.0728. The third-order valence-corrected chi connectivity index (χ3v) is 3.05. The number of hydrogen-bond donors (Lipinski definition) is 2. The Morgan fingerprint density at radius 2 is 2.07 bits per heavy atom. The molecule has 0 bridgehead atoms. The Kier molecular flexibility index (Phi) is 3.89. The summed E-state index contributed by atoms with van der Waals surface area (Å²) in [5.41, 5.74) is 0. The lowest BCUT2D eigenvalue weighted by atomic mass is 9.99. The lowest BCUT2D eigenvalue weighted by Crippen LogP contribution is -2.52. The number of piperidine rings is 1. The SMILES string of the molecule is CC(O)C(C)N1CCCCC1C(=O)O. The first-order chi connectivity index (χ1) is 6.54. The molecule has 1 aliphatic rings. The van der Waals surface area contributed by atoms with Crippen molar-refractivity contribution in [3.8, 4) is 0 Å². The van der Waals surface area contributed by atoms with E-state index in [4.69, 9.17) is 5.11 Å². The third kappa shape index (κ3) is 2.45. The first kappa shape index (κ1) is 11.5. The highest BCUT2D eigenvalue weighted by atomic mass is 16.4. The van der Waals surface area contributed by atoms with Gasteiger partial charge < -0.3 is 10.2 Å². The lowest BCUT2D eigenvalue weighted by molar-refractivity contribution is -0.146. The summed E-state index contributed by atoms with van der Waals surface area (Å²) >= 11 is 0. The van der Waals surface area contributed by atoms with Crippen molar-refractivity contribution in [2.45, 2.75) is 51.3 Å². The molecule has 2 N–H and O–H groups in total. The summed E-state index contributed by atoms with van der Waals surface area (Å²) in [6.07, 6.45) is 2.22. The zero-order chi connectivity index (χ0) is 10.7. The van der Waals surface area contributed by atoms with E-state index >= 15 is 0 Å². The van der Waals surface area contributed by atoms with Crippen LogP contribution in [0.2, 0.25) is 0 Å². The number of aliphatic hydroxyl groups excluding tert-OH is 1. The Hall–Kier alpha value is -0.610. The fraction of sp³-hybridized carbons (Fsp3) is 0.900. The second-order valence-corrected chi connectivity index (χ2v) is 4.07. The van der Waals surface area contributed by atoms with Crippen LogP contribution in [0.5, 0.6) is 0 Å². The maximum absolute atomic E-state index is 11.0. The van der Waals surface area contributed by atoms with E-state index in [1.165, 1.54) is 0 Å². The molecule has 0 aromatic rings. The van der Waals surface area contributed by atoms with Gasteiger partial charge in [0.25, 0.3) is 0 Å². The topological polar surface area (TPSA) is 60.8 Å². The molecule has 0 aromatic carbocycles. The zero-order valence-corrected chi connectivity index (χ0v) is 8.81. The maximum atomic E-state index is 11.0. The van der Waals surface area contributed by atoms with Crippen LogP contribution in [0.15, 0.2) is 0 Å². The lowest BCUT2D eigenvalue weighted by Gasteiger charge is -2.38. The van der Waals surface area contributed by atoms with E-state index in [-0.39, 0.29) is 6.04 Å². The highest BCUT2D eigenvalue weighted by Crippen LogP contribution is 2.21. The number of aliphatic hydroxyl groups is 1. The Morgan fingerprint density at radius 3 is 2.57 bits per heavy atom. The number of rotatable bonds is 3. The molecule has 0 aliphatic carbocycles. The van der Waals surface area contributed by atoms with Gasteiger partial charge in [0.2, 0.25) is 0 Å². The van der Waals surface area contributed by atoms with Gasteiger partial charge in [-0.2, -0.15) is 0 Å². The van der Waals surface area contributed by atoms with Gasteiger partial charge in [0, 0.05) is 6.04 Å². The number of carbonyl (C=O) groups is 1. The van der Waals surface area contributed by atoms with Crippen molar-refractivity contribution >= 4 is 5.97 Å². The standard InChI is InChI=1S/C10H19NO3/c1-7(8(2)12)11-6-4-3-5-9(11)10(13)14/h7-9,12H,3-6H2,1-2H3,(H,13,14). The molecular weight excluding hydrogens is 182 g/mol. The highest BCUT2D eigenvalue weighted by molar-refractivity contribution is 5.73. The van der Waals surface area contributed by atoms with Crippen LogP contribution in [-0.2, 0) is 4.79 Å². The Balaban J connectivity index is 2.67. The number of aliphatic carboxylic acids is 1. The van der Waals surface area contributed by atoms with Gasteiger partial charge in [-0.05, 0) is 33.2 Å². The molecule has 0 radical (unpaired) electrons. The summed E-state index contributed by atoms with van der Waals surface area (Å²) in [7, 11) is 0. The zero-order valence-electron chi connectivity index (χ0n) is 8.81. The molecule has 14 heavy (non-hydrogen) atoms. The summed E-state index contributed by atoms with van der Waals surface area (Å²) in [5, 5.41) is 18.5. The maximum Gasteiger partial charge on any atom is 0.320 e. The average molecular weight is 201 g/mol. The molecule has 0 amide bonds. The van der Waals surface area contributed by atoms with E-state index in [1.807, 2.05) is 11.8 Å². The third-order valence-electron chi connectivity index (χ3n) is 3.05. The minimum Gasteiger partial charge on any atom is -0.480 e. The number of carboxylic acids is 1. The van der Waals surface area contributed by atoms with Crippen LogP contribution in [-0.4, -0.2) is 45.8 Å². The van der Waals surface area contributed by atoms with Crippen LogP contribution >= 0.6 is 0 Å². The fourth-order valence-corrected chi connectivity index (χ4v) is 1.98. The Morgan fingerprint density at radius 1 is 1.43 bits per heavy atom. The average Bonchev–Trinajstić information content (AvgIpc) is 2.16. The van der Waals surface area contributed by atoms with E-state index in [0.717, 1.165) is 19.4 Å². The number of hydrogen-bond acceptors (Lipinski definition) is 3. The van der Waals surface area contributed by atoms with E-state index < -0.39 is 18.1 Å². The van der Waals surface area contributed by atoms with Crippen molar-refractivity contribution in [3.05, 3.63) is 0 Å². The molecule has 82 valence electrons. The fourth-order valence-electron chi connectivity index (χ4n) is 1.98. The predicted molar refractivity (Wildman–Crippen MR) is 53.1 cm³/mol. The molecule has 4 heteroatoms. The molecule has 0 saturated carbocycles. The predicted octanol–water partition coefficient (Wildman–Crippen LogP) is 0.695. The van der Waals surface area contributed by atoms with Crippen LogP contribution in [0.4, 0.5) is 0 Å². The molecule has 1 fully saturated rings. The molecular formula is C10H19NO3. The summed E-state index contributed by atoms with van der Waals surface area (Å²) in [4.78, 5) is 12.9. The monoisotopic (exact) mass is 201 g/mol. The van der Waals surface area contributed by atoms with Crippen LogP contribution in [0, 0.1) is 0 Å². The van der Waals surface area contributed by atoms with Crippen LogP contribution in [0.25, 0.3) is 0 Å². The van der Waals surface area contributed by atoms with Crippen LogP contribution < -0.4 is 0 Å². The van der Waals surface area contributed by atoms with Gasteiger partial charge in [-0.15, -0.1) is 0 Å². The number of nitrogens with zero attached hydrogens (tertiary/aromatic N) is 1. The van der Waals surface area contributed by atoms with Gasteiger partial charge in [0.15, 0.2) is 0 Å². The molecule has 1 rings (SSSR count). The van der Waals surface area contributed by atoms with Crippen molar-refractivity contribution in [3.63, 3.8) is 0 Å². The van der Waals surface area contributed by atoms with Gasteiger partial charge in [-0.1, -0.05) is 6.42 Å². The molecule has 0 aromatic heterocycles. The molecule has 3 unspecified atom stereocenters. The molecule has 3 atom stereocenters.